The van der Waals surface area contributed by atoms with Gasteiger partial charge in [0.1, 0.15) is 6.10 Å². The molecule has 2 atom stereocenters. The lowest BCUT2D eigenvalue weighted by Crippen LogP contribution is -2.13. The maximum atomic E-state index is 11.4. The minimum Gasteiger partial charge on any atom is -0.458 e. The van der Waals surface area contributed by atoms with Crippen LogP contribution < -0.4 is 0 Å². The van der Waals surface area contributed by atoms with Gasteiger partial charge in [0.05, 0.1) is 5.92 Å². The Labute approximate surface area is 89.6 Å². The van der Waals surface area contributed by atoms with Gasteiger partial charge in [-0.1, -0.05) is 43.8 Å². The number of carbonyl (C=O) groups excluding carboxylic acids is 1. The van der Waals surface area contributed by atoms with E-state index in [0.717, 1.165) is 12.0 Å². The number of hydrogen-bond donors (Lipinski definition) is 0. The van der Waals surface area contributed by atoms with Gasteiger partial charge in [0.15, 0.2) is 0 Å². The molecule has 1 aromatic rings. The Hall–Kier alpha value is -1.57. The highest BCUT2D eigenvalue weighted by Crippen LogP contribution is 2.36. The molecule has 1 aliphatic rings. The van der Waals surface area contributed by atoms with E-state index in [9.17, 15) is 4.79 Å². The highest BCUT2D eigenvalue weighted by molar-refractivity contribution is 5.92. The molecule has 0 saturated carbocycles. The van der Waals surface area contributed by atoms with Gasteiger partial charge >= 0.3 is 5.97 Å². The van der Waals surface area contributed by atoms with E-state index in [-0.39, 0.29) is 18.0 Å². The van der Waals surface area contributed by atoms with E-state index in [4.69, 9.17) is 4.74 Å². The van der Waals surface area contributed by atoms with Crippen molar-refractivity contribution in [3.63, 3.8) is 0 Å². The maximum Gasteiger partial charge on any atom is 0.334 e. The van der Waals surface area contributed by atoms with Gasteiger partial charge < -0.3 is 4.74 Å². The quantitative estimate of drug-likeness (QED) is 0.544. The molecule has 15 heavy (non-hydrogen) atoms. The third-order valence-corrected chi connectivity index (χ3v) is 2.83. The number of cyclic esters (lactones) is 1. The number of carbonyl (C=O) groups is 1. The van der Waals surface area contributed by atoms with E-state index in [1.165, 1.54) is 0 Å². The van der Waals surface area contributed by atoms with Crippen molar-refractivity contribution in [3.05, 3.63) is 48.0 Å². The largest absolute Gasteiger partial charge is 0.458 e. The van der Waals surface area contributed by atoms with Gasteiger partial charge in [0, 0.05) is 5.57 Å². The first-order valence-electron chi connectivity index (χ1n) is 5.18. The average Bonchev–Trinajstić information content (AvgIpc) is 2.56. The molecule has 0 N–H and O–H groups in total. The first-order chi connectivity index (χ1) is 7.24. The normalized spacial score (nSPS) is 25.4. The Kier molecular flexibility index (Phi) is 2.58. The summed E-state index contributed by atoms with van der Waals surface area (Å²) in [5, 5.41) is 0. The summed E-state index contributed by atoms with van der Waals surface area (Å²) in [5.74, 6) is -0.223. The molecule has 78 valence electrons. The van der Waals surface area contributed by atoms with Crippen molar-refractivity contribution in [2.75, 3.05) is 0 Å². The summed E-state index contributed by atoms with van der Waals surface area (Å²) in [4.78, 5) is 11.4. The summed E-state index contributed by atoms with van der Waals surface area (Å²) < 4.78 is 5.25. The second-order valence-corrected chi connectivity index (χ2v) is 3.77. The number of ether oxygens (including phenoxy) is 1. The van der Waals surface area contributed by atoms with Crippen LogP contribution >= 0.6 is 0 Å². The molecule has 1 aromatic carbocycles. The SMILES string of the molecule is C=C1C(=O)O[C@@H](CC)[C@@H]1c1ccccc1. The lowest BCUT2D eigenvalue weighted by atomic mass is 9.88. The Bertz CT molecular complexity index is 381. The fourth-order valence-corrected chi connectivity index (χ4v) is 2.03. The summed E-state index contributed by atoms with van der Waals surface area (Å²) in [7, 11) is 0. The van der Waals surface area contributed by atoms with Crippen LogP contribution in [0.3, 0.4) is 0 Å². The lowest BCUT2D eigenvalue weighted by Gasteiger charge is -2.15. The lowest BCUT2D eigenvalue weighted by molar-refractivity contribution is -0.139. The van der Waals surface area contributed by atoms with E-state index in [0.29, 0.717) is 5.57 Å². The Balaban J connectivity index is 2.35. The highest BCUT2D eigenvalue weighted by atomic mass is 16.6. The molecule has 1 saturated heterocycles. The van der Waals surface area contributed by atoms with Gasteiger partial charge in [-0.25, -0.2) is 4.79 Å². The van der Waals surface area contributed by atoms with Gasteiger partial charge in [-0.05, 0) is 12.0 Å². The molecular formula is C13H14O2. The van der Waals surface area contributed by atoms with E-state index < -0.39 is 0 Å². The monoisotopic (exact) mass is 202 g/mol. The van der Waals surface area contributed by atoms with Gasteiger partial charge in [-0.3, -0.25) is 0 Å². The number of benzene rings is 1. The molecule has 0 radical (unpaired) electrons. The summed E-state index contributed by atoms with van der Waals surface area (Å²) in [5.41, 5.74) is 1.69. The van der Waals surface area contributed by atoms with Crippen LogP contribution in [0, 0.1) is 0 Å². The summed E-state index contributed by atoms with van der Waals surface area (Å²) in [6.45, 7) is 5.84. The minimum atomic E-state index is -0.254. The molecule has 2 rings (SSSR count). The molecule has 2 nitrogen and oxygen atoms in total. The van der Waals surface area contributed by atoms with Crippen molar-refractivity contribution in [2.45, 2.75) is 25.4 Å². The van der Waals surface area contributed by atoms with Crippen molar-refractivity contribution < 1.29 is 9.53 Å². The summed E-state index contributed by atoms with van der Waals surface area (Å²) in [6, 6.07) is 9.93. The molecule has 0 amide bonds. The van der Waals surface area contributed by atoms with Crippen LogP contribution in [0.1, 0.15) is 24.8 Å². The second-order valence-electron chi connectivity index (χ2n) is 3.77. The van der Waals surface area contributed by atoms with Crippen LogP contribution in [-0.4, -0.2) is 12.1 Å². The number of hydrogen-bond acceptors (Lipinski definition) is 2. The summed E-state index contributed by atoms with van der Waals surface area (Å²) in [6.07, 6.45) is 0.775. The zero-order valence-electron chi connectivity index (χ0n) is 8.77. The van der Waals surface area contributed by atoms with Gasteiger partial charge in [0.2, 0.25) is 0 Å². The van der Waals surface area contributed by atoms with Crippen LogP contribution in [0.2, 0.25) is 0 Å². The van der Waals surface area contributed by atoms with Crippen LogP contribution in [0.5, 0.6) is 0 Å². The molecule has 0 aliphatic carbocycles. The van der Waals surface area contributed by atoms with Crippen molar-refractivity contribution in [3.8, 4) is 0 Å². The number of rotatable bonds is 2. The zero-order valence-corrected chi connectivity index (χ0v) is 8.77. The smallest absolute Gasteiger partial charge is 0.334 e. The predicted octanol–water partition coefficient (Wildman–Crippen LogP) is 2.66. The van der Waals surface area contributed by atoms with Crippen LogP contribution in [0.4, 0.5) is 0 Å². The molecule has 0 spiro atoms. The van der Waals surface area contributed by atoms with Crippen LogP contribution in [0.25, 0.3) is 0 Å². The first kappa shape index (κ1) is 9.97. The molecular weight excluding hydrogens is 188 g/mol. The molecule has 0 aromatic heterocycles. The molecule has 2 heteroatoms. The van der Waals surface area contributed by atoms with Gasteiger partial charge in [-0.2, -0.15) is 0 Å². The standard InChI is InChI=1S/C13H14O2/c1-3-11-12(9(2)13(14)15-11)10-7-5-4-6-8-10/h4-8,11-12H,2-3H2,1H3/t11-,12-/m0/s1. The summed E-state index contributed by atoms with van der Waals surface area (Å²) >= 11 is 0. The molecule has 1 heterocycles. The van der Waals surface area contributed by atoms with Crippen molar-refractivity contribution in [1.29, 1.82) is 0 Å². The Morgan fingerprint density at radius 3 is 2.60 bits per heavy atom. The van der Waals surface area contributed by atoms with Gasteiger partial charge in [0.25, 0.3) is 0 Å². The molecule has 0 bridgehead atoms. The third-order valence-electron chi connectivity index (χ3n) is 2.83. The van der Waals surface area contributed by atoms with Crippen LogP contribution in [0.15, 0.2) is 42.5 Å². The molecule has 0 unspecified atom stereocenters. The Morgan fingerprint density at radius 2 is 2.00 bits per heavy atom. The maximum absolute atomic E-state index is 11.4. The molecule has 1 fully saturated rings. The minimum absolute atomic E-state index is 0.0312. The topological polar surface area (TPSA) is 26.3 Å². The highest BCUT2D eigenvalue weighted by Gasteiger charge is 2.38. The van der Waals surface area contributed by atoms with Crippen molar-refractivity contribution >= 4 is 5.97 Å². The van der Waals surface area contributed by atoms with Crippen LogP contribution in [-0.2, 0) is 9.53 Å². The molecule has 1 aliphatic heterocycles. The Morgan fingerprint density at radius 1 is 1.33 bits per heavy atom. The first-order valence-corrected chi connectivity index (χ1v) is 5.18. The third kappa shape index (κ3) is 1.67. The fraction of sp³-hybridized carbons (Fsp3) is 0.308. The zero-order chi connectivity index (χ0) is 10.8. The number of esters is 1. The van der Waals surface area contributed by atoms with Crippen molar-refractivity contribution in [1.82, 2.24) is 0 Å². The predicted molar refractivity (Wildman–Crippen MR) is 58.5 cm³/mol. The van der Waals surface area contributed by atoms with Crippen molar-refractivity contribution in [2.24, 2.45) is 0 Å². The van der Waals surface area contributed by atoms with E-state index in [1.54, 1.807) is 0 Å². The van der Waals surface area contributed by atoms with E-state index in [1.807, 2.05) is 37.3 Å². The van der Waals surface area contributed by atoms with E-state index in [2.05, 4.69) is 6.58 Å². The van der Waals surface area contributed by atoms with Gasteiger partial charge in [-0.15, -0.1) is 0 Å². The average molecular weight is 202 g/mol. The fourth-order valence-electron chi connectivity index (χ4n) is 2.03. The van der Waals surface area contributed by atoms with E-state index >= 15 is 0 Å². The second kappa shape index (κ2) is 3.89.